The predicted octanol–water partition coefficient (Wildman–Crippen LogP) is 1.83. The molecule has 0 radical (unpaired) electrons. The van der Waals surface area contributed by atoms with E-state index in [1.54, 1.807) is 11.8 Å². The van der Waals surface area contributed by atoms with Crippen LogP contribution in [0.1, 0.15) is 30.0 Å². The van der Waals surface area contributed by atoms with Crippen molar-refractivity contribution in [2.24, 2.45) is 0 Å². The Morgan fingerprint density at radius 3 is 2.84 bits per heavy atom. The summed E-state index contributed by atoms with van der Waals surface area (Å²) in [5.74, 6) is 1.23. The van der Waals surface area contributed by atoms with E-state index in [4.69, 9.17) is 9.84 Å². The van der Waals surface area contributed by atoms with Crippen LogP contribution in [-0.4, -0.2) is 52.5 Å². The number of ether oxygens (including phenoxy) is 1. The highest BCUT2D eigenvalue weighted by Gasteiger charge is 2.26. The second kappa shape index (κ2) is 8.16. The van der Waals surface area contributed by atoms with Crippen LogP contribution in [0.4, 0.5) is 0 Å². The molecule has 0 saturated carbocycles. The van der Waals surface area contributed by atoms with Crippen LogP contribution in [0.25, 0.3) is 0 Å². The molecular formula is C19H25N3O3. The molecule has 1 saturated heterocycles. The molecule has 0 spiro atoms. The van der Waals surface area contributed by atoms with Crippen molar-refractivity contribution in [3.8, 4) is 5.75 Å². The Morgan fingerprint density at radius 1 is 1.32 bits per heavy atom. The summed E-state index contributed by atoms with van der Waals surface area (Å²) < 4.78 is 6.91. The standard InChI is InChI=1S/C19H25N3O3/c1-25-17-6-4-15(5-7-17)13-19(24)21-9-2-3-16(14-21)18-8-10-22(20-18)11-12-23/h4-8,10,16,23H,2-3,9,11-14H2,1H3. The number of aromatic nitrogens is 2. The van der Waals surface area contributed by atoms with E-state index in [1.165, 1.54) is 0 Å². The van der Waals surface area contributed by atoms with Crippen LogP contribution in [0, 0.1) is 0 Å². The van der Waals surface area contributed by atoms with Crippen molar-refractivity contribution in [3.05, 3.63) is 47.8 Å². The molecule has 1 aromatic carbocycles. The van der Waals surface area contributed by atoms with E-state index >= 15 is 0 Å². The minimum absolute atomic E-state index is 0.0816. The van der Waals surface area contributed by atoms with E-state index in [0.29, 0.717) is 19.5 Å². The van der Waals surface area contributed by atoms with Crippen LogP contribution < -0.4 is 4.74 Å². The molecule has 2 heterocycles. The van der Waals surface area contributed by atoms with Crippen molar-refractivity contribution in [1.29, 1.82) is 0 Å². The molecule has 1 amide bonds. The minimum Gasteiger partial charge on any atom is -0.497 e. The van der Waals surface area contributed by atoms with E-state index in [-0.39, 0.29) is 18.4 Å². The number of hydrogen-bond donors (Lipinski definition) is 1. The summed E-state index contributed by atoms with van der Waals surface area (Å²) in [6.07, 6.45) is 4.34. The van der Waals surface area contributed by atoms with Crippen LogP contribution in [0.15, 0.2) is 36.5 Å². The molecule has 0 aliphatic carbocycles. The Labute approximate surface area is 148 Å². The Kier molecular flexibility index (Phi) is 5.71. The summed E-state index contributed by atoms with van der Waals surface area (Å²) in [6.45, 7) is 2.11. The zero-order valence-corrected chi connectivity index (χ0v) is 14.6. The highest BCUT2D eigenvalue weighted by atomic mass is 16.5. The summed E-state index contributed by atoms with van der Waals surface area (Å²) in [6, 6.07) is 9.64. The van der Waals surface area contributed by atoms with Crippen LogP contribution in [0.5, 0.6) is 5.75 Å². The van der Waals surface area contributed by atoms with Gasteiger partial charge in [-0.25, -0.2) is 0 Å². The third kappa shape index (κ3) is 4.39. The summed E-state index contributed by atoms with van der Waals surface area (Å²) in [4.78, 5) is 14.6. The van der Waals surface area contributed by atoms with Crippen molar-refractivity contribution in [2.45, 2.75) is 31.7 Å². The molecule has 2 aromatic rings. The van der Waals surface area contributed by atoms with Gasteiger partial charge >= 0.3 is 0 Å². The first-order chi connectivity index (χ1) is 12.2. The molecule has 25 heavy (non-hydrogen) atoms. The highest BCUT2D eigenvalue weighted by Crippen LogP contribution is 2.26. The third-order valence-corrected chi connectivity index (χ3v) is 4.70. The van der Waals surface area contributed by atoms with Gasteiger partial charge in [0.25, 0.3) is 0 Å². The maximum atomic E-state index is 12.6. The Bertz CT molecular complexity index is 696. The molecule has 6 heteroatoms. The van der Waals surface area contributed by atoms with Gasteiger partial charge in [0.15, 0.2) is 0 Å². The molecular weight excluding hydrogens is 318 g/mol. The fourth-order valence-electron chi connectivity index (χ4n) is 3.30. The van der Waals surface area contributed by atoms with Crippen LogP contribution in [0.3, 0.4) is 0 Å². The van der Waals surface area contributed by atoms with E-state index in [0.717, 1.165) is 36.4 Å². The quantitative estimate of drug-likeness (QED) is 0.869. The summed E-state index contributed by atoms with van der Waals surface area (Å²) >= 11 is 0. The lowest BCUT2D eigenvalue weighted by Crippen LogP contribution is -2.40. The van der Waals surface area contributed by atoms with Crippen molar-refractivity contribution in [2.75, 3.05) is 26.8 Å². The zero-order chi connectivity index (χ0) is 17.6. The average Bonchev–Trinajstić information content (AvgIpc) is 3.11. The number of carbonyl (C=O) groups excluding carboxylic acids is 1. The molecule has 1 aliphatic rings. The number of aliphatic hydroxyl groups excluding tert-OH is 1. The summed E-state index contributed by atoms with van der Waals surface area (Å²) in [7, 11) is 1.63. The van der Waals surface area contributed by atoms with Crippen molar-refractivity contribution >= 4 is 5.91 Å². The van der Waals surface area contributed by atoms with Gasteiger partial charge in [-0.05, 0) is 36.6 Å². The highest BCUT2D eigenvalue weighted by molar-refractivity contribution is 5.79. The van der Waals surface area contributed by atoms with E-state index in [2.05, 4.69) is 5.10 Å². The molecule has 1 atom stereocenters. The number of hydrogen-bond acceptors (Lipinski definition) is 4. The fraction of sp³-hybridized carbons (Fsp3) is 0.474. The lowest BCUT2D eigenvalue weighted by molar-refractivity contribution is -0.131. The second-order valence-electron chi connectivity index (χ2n) is 6.43. The van der Waals surface area contributed by atoms with Crippen molar-refractivity contribution in [1.82, 2.24) is 14.7 Å². The number of carbonyl (C=O) groups is 1. The number of likely N-dealkylation sites (tertiary alicyclic amines) is 1. The normalized spacial score (nSPS) is 17.5. The predicted molar refractivity (Wildman–Crippen MR) is 94.6 cm³/mol. The lowest BCUT2D eigenvalue weighted by Gasteiger charge is -2.32. The van der Waals surface area contributed by atoms with Crippen LogP contribution in [0.2, 0.25) is 0 Å². The Balaban J connectivity index is 1.60. The van der Waals surface area contributed by atoms with Gasteiger partial charge in [-0.1, -0.05) is 12.1 Å². The van der Waals surface area contributed by atoms with Gasteiger partial charge in [0.05, 0.1) is 32.4 Å². The van der Waals surface area contributed by atoms with Gasteiger partial charge in [-0.15, -0.1) is 0 Å². The maximum absolute atomic E-state index is 12.6. The molecule has 134 valence electrons. The van der Waals surface area contributed by atoms with Crippen molar-refractivity contribution < 1.29 is 14.6 Å². The molecule has 3 rings (SSSR count). The SMILES string of the molecule is COc1ccc(CC(=O)N2CCCC(c3ccn(CCO)n3)C2)cc1. The van der Waals surface area contributed by atoms with Gasteiger partial charge in [-0.2, -0.15) is 5.10 Å². The number of amides is 1. The topological polar surface area (TPSA) is 67.6 Å². The van der Waals surface area contributed by atoms with E-state index in [1.807, 2.05) is 41.4 Å². The molecule has 1 fully saturated rings. The monoisotopic (exact) mass is 343 g/mol. The van der Waals surface area contributed by atoms with Gasteiger partial charge in [0.1, 0.15) is 5.75 Å². The number of aliphatic hydroxyl groups is 1. The van der Waals surface area contributed by atoms with Crippen LogP contribution >= 0.6 is 0 Å². The second-order valence-corrected chi connectivity index (χ2v) is 6.43. The molecule has 1 N–H and O–H groups in total. The van der Waals surface area contributed by atoms with Crippen LogP contribution in [-0.2, 0) is 17.8 Å². The summed E-state index contributed by atoms with van der Waals surface area (Å²) in [5.41, 5.74) is 2.01. The van der Waals surface area contributed by atoms with Crippen molar-refractivity contribution in [3.63, 3.8) is 0 Å². The molecule has 6 nitrogen and oxygen atoms in total. The van der Waals surface area contributed by atoms with Gasteiger partial charge in [-0.3, -0.25) is 9.48 Å². The number of rotatable bonds is 6. The lowest BCUT2D eigenvalue weighted by atomic mass is 9.94. The smallest absolute Gasteiger partial charge is 0.227 e. The summed E-state index contributed by atoms with van der Waals surface area (Å²) in [5, 5.41) is 13.5. The Hall–Kier alpha value is -2.34. The maximum Gasteiger partial charge on any atom is 0.227 e. The van der Waals surface area contributed by atoms with Gasteiger partial charge in [0.2, 0.25) is 5.91 Å². The molecule has 1 aromatic heterocycles. The molecule has 1 unspecified atom stereocenters. The van der Waals surface area contributed by atoms with E-state index in [9.17, 15) is 4.79 Å². The minimum atomic E-state index is 0.0816. The average molecular weight is 343 g/mol. The fourth-order valence-corrected chi connectivity index (χ4v) is 3.30. The first-order valence-electron chi connectivity index (χ1n) is 8.74. The number of benzene rings is 1. The van der Waals surface area contributed by atoms with Gasteiger partial charge < -0.3 is 14.7 Å². The first kappa shape index (κ1) is 17.5. The van der Waals surface area contributed by atoms with Gasteiger partial charge in [0, 0.05) is 25.2 Å². The Morgan fingerprint density at radius 2 is 2.12 bits per heavy atom. The molecule has 0 bridgehead atoms. The largest absolute Gasteiger partial charge is 0.497 e. The third-order valence-electron chi connectivity index (χ3n) is 4.70. The number of nitrogens with zero attached hydrogens (tertiary/aromatic N) is 3. The number of methoxy groups -OCH3 is 1. The van der Waals surface area contributed by atoms with E-state index < -0.39 is 0 Å². The molecule has 1 aliphatic heterocycles. The number of piperidine rings is 1. The first-order valence-corrected chi connectivity index (χ1v) is 8.74. The zero-order valence-electron chi connectivity index (χ0n) is 14.6.